The molecule has 0 spiro atoms. The van der Waals surface area contributed by atoms with E-state index in [1.165, 1.54) is 34.3 Å². The van der Waals surface area contributed by atoms with Gasteiger partial charge in [-0.1, -0.05) is 157 Å². The van der Waals surface area contributed by atoms with Gasteiger partial charge in [0.05, 0.1) is 0 Å². The number of Topliss-reactive ketones (excluding diaryl/α,β-unsaturated/α-hetero) is 1. The van der Waals surface area contributed by atoms with Gasteiger partial charge in [-0.25, -0.2) is 0 Å². The number of ketones is 1. The summed E-state index contributed by atoms with van der Waals surface area (Å²) in [7, 11) is 0. The highest BCUT2D eigenvalue weighted by atomic mass is 16.1. The third kappa shape index (κ3) is 15.7. The van der Waals surface area contributed by atoms with Gasteiger partial charge in [0.15, 0.2) is 5.78 Å². The minimum absolute atomic E-state index is 0.141. The van der Waals surface area contributed by atoms with Gasteiger partial charge in [0.2, 0.25) is 0 Å². The molecule has 0 amide bonds. The molecule has 0 saturated carbocycles. The Morgan fingerprint density at radius 2 is 1.36 bits per heavy atom. The molecule has 0 fully saturated rings. The van der Waals surface area contributed by atoms with Crippen LogP contribution in [0.4, 0.5) is 0 Å². The highest BCUT2D eigenvalue weighted by Gasteiger charge is 2.27. The van der Waals surface area contributed by atoms with Crippen LogP contribution in [-0.4, -0.2) is 5.78 Å². The molecule has 0 N–H and O–H groups in total. The van der Waals surface area contributed by atoms with E-state index < -0.39 is 0 Å². The van der Waals surface area contributed by atoms with Crippen LogP contribution in [0.3, 0.4) is 0 Å². The van der Waals surface area contributed by atoms with Crippen LogP contribution in [0.15, 0.2) is 83.6 Å². The van der Waals surface area contributed by atoms with E-state index in [0.717, 1.165) is 36.0 Å². The lowest BCUT2D eigenvalue weighted by Gasteiger charge is -2.26. The standard InChI is InChI=1S/C32H38O.C3H8.4C2H6/c1-8-28(17-21(2)16-27-12-10-9-11-13-27)29-15-14-22(3)30(20-29)26(7)32(33)31-19-24(5)23(4)18-25(31)6;1-3-2;4*1-2/h9-13,15,18-22,26H,1,14,16-17H2,2-7H3;3H2,1-2H3;4*1-2H3. The van der Waals surface area contributed by atoms with Crippen molar-refractivity contribution in [1.82, 2.24) is 0 Å². The summed E-state index contributed by atoms with van der Waals surface area (Å²) in [6.07, 6.45) is 8.71. The highest BCUT2D eigenvalue weighted by molar-refractivity contribution is 6.01. The fourth-order valence-electron chi connectivity index (χ4n) is 4.92. The Morgan fingerprint density at radius 3 is 1.86 bits per heavy atom. The average Bonchev–Trinajstić information content (AvgIpc) is 3.06. The van der Waals surface area contributed by atoms with E-state index in [1.54, 1.807) is 0 Å². The maximum atomic E-state index is 13.5. The van der Waals surface area contributed by atoms with Crippen molar-refractivity contribution >= 4 is 5.78 Å². The summed E-state index contributed by atoms with van der Waals surface area (Å²) in [6, 6.07) is 14.8. The summed E-state index contributed by atoms with van der Waals surface area (Å²) in [5.41, 5.74) is 12.5. The first kappa shape index (κ1) is 45.5. The largest absolute Gasteiger partial charge is 0.294 e. The molecule has 1 aliphatic carbocycles. The smallest absolute Gasteiger partial charge is 0.169 e. The Bertz CT molecular complexity index is 1140. The van der Waals surface area contributed by atoms with Gasteiger partial charge in [0.1, 0.15) is 0 Å². The third-order valence-corrected chi connectivity index (χ3v) is 7.12. The Morgan fingerprint density at radius 1 is 0.864 bits per heavy atom. The zero-order chi connectivity index (χ0) is 34.8. The number of allylic oxidation sites excluding steroid dienone is 5. The van der Waals surface area contributed by atoms with Crippen LogP contribution in [0, 0.1) is 38.5 Å². The minimum Gasteiger partial charge on any atom is -0.294 e. The van der Waals surface area contributed by atoms with E-state index in [1.807, 2.05) is 62.3 Å². The number of rotatable bonds is 8. The molecule has 3 atom stereocenters. The van der Waals surface area contributed by atoms with Crippen molar-refractivity contribution in [2.75, 3.05) is 0 Å². The number of hydrogen-bond donors (Lipinski definition) is 0. The Hall–Kier alpha value is -2.89. The van der Waals surface area contributed by atoms with Crippen molar-refractivity contribution in [2.45, 2.75) is 136 Å². The first-order chi connectivity index (χ1) is 21.1. The molecule has 1 aliphatic rings. The molecule has 44 heavy (non-hydrogen) atoms. The topological polar surface area (TPSA) is 17.1 Å². The van der Waals surface area contributed by atoms with Gasteiger partial charge in [-0.05, 0) is 85.8 Å². The van der Waals surface area contributed by atoms with E-state index >= 15 is 0 Å². The van der Waals surface area contributed by atoms with Gasteiger partial charge < -0.3 is 0 Å². The van der Waals surface area contributed by atoms with Crippen molar-refractivity contribution in [3.8, 4) is 0 Å². The molecular formula is C43H70O. The number of carbonyl (C=O) groups excluding carboxylic acids is 1. The first-order valence-corrected chi connectivity index (χ1v) is 17.6. The average molecular weight is 603 g/mol. The van der Waals surface area contributed by atoms with Crippen molar-refractivity contribution in [1.29, 1.82) is 0 Å². The van der Waals surface area contributed by atoms with Gasteiger partial charge >= 0.3 is 0 Å². The predicted octanol–water partition coefficient (Wildman–Crippen LogP) is 13.8. The maximum Gasteiger partial charge on any atom is 0.169 e. The lowest BCUT2D eigenvalue weighted by Crippen LogP contribution is -2.21. The van der Waals surface area contributed by atoms with E-state index in [-0.39, 0.29) is 11.7 Å². The molecule has 0 aliphatic heterocycles. The molecule has 2 aromatic carbocycles. The molecule has 1 heteroatoms. The predicted molar refractivity (Wildman–Crippen MR) is 202 cm³/mol. The van der Waals surface area contributed by atoms with Gasteiger partial charge in [-0.15, -0.1) is 5.73 Å². The van der Waals surface area contributed by atoms with Gasteiger partial charge in [-0.3, -0.25) is 4.79 Å². The SMILES string of the molecule is C=C=C(CC(C)Cc1ccccc1)C1=CCC(C)C(C(C)C(=O)c2cc(C)c(C)cc2C)=C1.CC.CC.CC.CC.CCC. The molecule has 0 radical (unpaired) electrons. The van der Waals surface area contributed by atoms with Crippen LogP contribution in [0.2, 0.25) is 0 Å². The zero-order valence-corrected chi connectivity index (χ0v) is 31.9. The lowest BCUT2D eigenvalue weighted by atomic mass is 9.77. The number of carbonyl (C=O) groups is 1. The molecule has 2 aromatic rings. The summed E-state index contributed by atoms with van der Waals surface area (Å²) < 4.78 is 0. The second-order valence-electron chi connectivity index (χ2n) is 10.6. The summed E-state index contributed by atoms with van der Waals surface area (Å²) >= 11 is 0. The van der Waals surface area contributed by atoms with Gasteiger partial charge in [0.25, 0.3) is 0 Å². The highest BCUT2D eigenvalue weighted by Crippen LogP contribution is 2.35. The molecule has 3 unspecified atom stereocenters. The molecule has 248 valence electrons. The molecule has 1 nitrogen and oxygen atoms in total. The Labute approximate surface area is 275 Å². The van der Waals surface area contributed by atoms with E-state index in [0.29, 0.717) is 11.8 Å². The normalized spacial score (nSPS) is 14.0. The second kappa shape index (κ2) is 27.6. The minimum atomic E-state index is -0.141. The summed E-state index contributed by atoms with van der Waals surface area (Å²) in [4.78, 5) is 13.5. The Kier molecular flexibility index (Phi) is 28.6. The van der Waals surface area contributed by atoms with Crippen LogP contribution >= 0.6 is 0 Å². The number of benzene rings is 2. The van der Waals surface area contributed by atoms with Crippen LogP contribution in [0.1, 0.15) is 142 Å². The Balaban J connectivity index is -0.00000136. The van der Waals surface area contributed by atoms with Crippen LogP contribution in [-0.2, 0) is 6.42 Å². The zero-order valence-electron chi connectivity index (χ0n) is 31.9. The molecule has 0 bridgehead atoms. The van der Waals surface area contributed by atoms with E-state index in [4.69, 9.17) is 0 Å². The number of hydrogen-bond acceptors (Lipinski definition) is 1. The monoisotopic (exact) mass is 603 g/mol. The van der Waals surface area contributed by atoms with E-state index in [9.17, 15) is 4.79 Å². The maximum absolute atomic E-state index is 13.5. The fraction of sp³-hybridized carbons (Fsp3) is 0.535. The van der Waals surface area contributed by atoms with Crippen molar-refractivity contribution in [3.05, 3.63) is 111 Å². The summed E-state index contributed by atoms with van der Waals surface area (Å²) in [5.74, 6) is 0.923. The van der Waals surface area contributed by atoms with Gasteiger partial charge in [0, 0.05) is 17.1 Å². The molecule has 0 aromatic heterocycles. The van der Waals surface area contributed by atoms with Crippen LogP contribution in [0.25, 0.3) is 0 Å². The first-order valence-electron chi connectivity index (χ1n) is 17.6. The van der Waals surface area contributed by atoms with Crippen molar-refractivity contribution in [2.24, 2.45) is 17.8 Å². The fourth-order valence-corrected chi connectivity index (χ4v) is 4.92. The molecule has 0 heterocycles. The molecule has 3 rings (SSSR count). The molecular weight excluding hydrogens is 532 g/mol. The van der Waals surface area contributed by atoms with Gasteiger partial charge in [-0.2, -0.15) is 0 Å². The van der Waals surface area contributed by atoms with Crippen molar-refractivity contribution < 1.29 is 4.79 Å². The summed E-state index contributed by atoms with van der Waals surface area (Å²) in [5, 5.41) is 0. The van der Waals surface area contributed by atoms with Crippen LogP contribution < -0.4 is 0 Å². The lowest BCUT2D eigenvalue weighted by molar-refractivity contribution is 0.0942. The molecule has 0 saturated heterocycles. The van der Waals surface area contributed by atoms with E-state index in [2.05, 4.69) is 115 Å². The van der Waals surface area contributed by atoms with Crippen LogP contribution in [0.5, 0.6) is 0 Å². The van der Waals surface area contributed by atoms with Crippen molar-refractivity contribution in [3.63, 3.8) is 0 Å². The summed E-state index contributed by atoms with van der Waals surface area (Å²) in [6.45, 7) is 37.1. The quantitative estimate of drug-likeness (QED) is 0.217. The second-order valence-corrected chi connectivity index (χ2v) is 10.6. The number of aryl methyl sites for hydroxylation is 3. The third-order valence-electron chi connectivity index (χ3n) is 7.12.